The number of thiophene rings is 2. The van der Waals surface area contributed by atoms with E-state index in [1.54, 1.807) is 17.4 Å². The number of carboxylic acids is 1. The van der Waals surface area contributed by atoms with Crippen LogP contribution in [0.4, 0.5) is 4.79 Å². The van der Waals surface area contributed by atoms with Crippen LogP contribution in [0.1, 0.15) is 43.4 Å². The van der Waals surface area contributed by atoms with Crippen LogP contribution in [0.15, 0.2) is 53.9 Å². The van der Waals surface area contributed by atoms with Gasteiger partial charge in [-0.3, -0.25) is 9.80 Å². The number of aromatic carboxylic acids is 1. The molecule has 4 rings (SSSR count). The van der Waals surface area contributed by atoms with Gasteiger partial charge in [0.25, 0.3) is 5.24 Å². The zero-order valence-corrected chi connectivity index (χ0v) is 21.2. The Balaban J connectivity index is 1.26. The van der Waals surface area contributed by atoms with Gasteiger partial charge in [-0.1, -0.05) is 41.8 Å². The third-order valence-electron chi connectivity index (χ3n) is 5.48. The molecule has 3 heterocycles. The lowest BCUT2D eigenvalue weighted by atomic mass is 10.1. The van der Waals surface area contributed by atoms with Gasteiger partial charge in [0.2, 0.25) is 0 Å². The molecule has 8 heteroatoms. The molecule has 0 saturated carbocycles. The number of benzene rings is 1. The number of carboxylic acid groups (broad SMARTS) is 1. The smallest absolute Gasteiger partial charge is 0.345 e. The fraction of sp³-hybridized carbons (Fsp3) is 0.308. The topological polar surface area (TPSA) is 60.9 Å². The molecule has 1 saturated heterocycles. The predicted molar refractivity (Wildman–Crippen MR) is 141 cm³/mol. The molecule has 2 aromatic heterocycles. The van der Waals surface area contributed by atoms with Crippen LogP contribution in [0.3, 0.4) is 0 Å². The second-order valence-corrected chi connectivity index (χ2v) is 11.1. The van der Waals surface area contributed by atoms with E-state index in [-0.39, 0.29) is 5.24 Å². The van der Waals surface area contributed by atoms with Crippen LogP contribution in [0.25, 0.3) is 0 Å². The summed E-state index contributed by atoms with van der Waals surface area (Å²) in [6, 6.07) is 16.0. The number of unbranched alkanes of at least 4 members (excludes halogenated alkanes) is 1. The number of hydrogen-bond donors (Lipinski definition) is 1. The molecule has 0 bridgehead atoms. The van der Waals surface area contributed by atoms with Crippen molar-refractivity contribution in [3.05, 3.63) is 79.7 Å². The van der Waals surface area contributed by atoms with Gasteiger partial charge in [0.15, 0.2) is 0 Å². The highest BCUT2D eigenvalue weighted by Gasteiger charge is 2.26. The number of nitrogens with zero attached hydrogens (tertiary/aromatic N) is 2. The summed E-state index contributed by atoms with van der Waals surface area (Å²) >= 11 is 4.29. The number of rotatable bonds is 9. The van der Waals surface area contributed by atoms with Crippen molar-refractivity contribution in [1.29, 1.82) is 0 Å². The summed E-state index contributed by atoms with van der Waals surface area (Å²) in [6.07, 6.45) is 3.69. The number of carbonyl (C=O) groups excluding carboxylic acids is 1. The Labute approximate surface area is 212 Å². The fourth-order valence-electron chi connectivity index (χ4n) is 3.77. The van der Waals surface area contributed by atoms with Crippen molar-refractivity contribution < 1.29 is 14.7 Å². The molecule has 1 amide bonds. The molecule has 3 aromatic rings. The highest BCUT2D eigenvalue weighted by Crippen LogP contribution is 2.22. The average Bonchev–Trinajstić information content (AvgIpc) is 3.53. The maximum absolute atomic E-state index is 12.5. The van der Waals surface area contributed by atoms with Gasteiger partial charge < -0.3 is 5.11 Å². The number of hydrogen-bond acceptors (Lipinski definition) is 6. The van der Waals surface area contributed by atoms with E-state index in [1.807, 2.05) is 34.7 Å². The summed E-state index contributed by atoms with van der Waals surface area (Å²) < 4.78 is 0. The van der Waals surface area contributed by atoms with Crippen LogP contribution >= 0.6 is 34.4 Å². The molecule has 0 radical (unpaired) electrons. The van der Waals surface area contributed by atoms with Crippen LogP contribution in [-0.2, 0) is 12.8 Å². The lowest BCUT2D eigenvalue weighted by molar-refractivity contribution is 0.0270. The van der Waals surface area contributed by atoms with Crippen LogP contribution in [0.2, 0.25) is 0 Å². The third kappa shape index (κ3) is 6.97. The van der Waals surface area contributed by atoms with E-state index in [0.29, 0.717) is 17.8 Å². The summed E-state index contributed by atoms with van der Waals surface area (Å²) in [7, 11) is 0. The van der Waals surface area contributed by atoms with Crippen molar-refractivity contribution in [3.8, 4) is 11.8 Å². The third-order valence-corrected chi connectivity index (χ3v) is 8.24. The Kier molecular flexibility index (Phi) is 8.83. The van der Waals surface area contributed by atoms with Gasteiger partial charge in [-0.2, -0.15) is 0 Å². The Hall–Kier alpha value is -2.57. The van der Waals surface area contributed by atoms with Crippen molar-refractivity contribution in [1.82, 2.24) is 10.0 Å². The van der Waals surface area contributed by atoms with Gasteiger partial charge in [0, 0.05) is 42.2 Å². The van der Waals surface area contributed by atoms with Gasteiger partial charge in [-0.15, -0.1) is 22.7 Å². The molecule has 0 spiro atoms. The van der Waals surface area contributed by atoms with E-state index in [9.17, 15) is 9.59 Å². The Morgan fingerprint density at radius 1 is 1.03 bits per heavy atom. The van der Waals surface area contributed by atoms with Crippen molar-refractivity contribution in [2.45, 2.75) is 25.7 Å². The number of amides is 1. The average molecular weight is 511 g/mol. The van der Waals surface area contributed by atoms with Crippen molar-refractivity contribution in [3.63, 3.8) is 0 Å². The van der Waals surface area contributed by atoms with E-state index in [2.05, 4.69) is 35.0 Å². The van der Waals surface area contributed by atoms with Crippen LogP contribution < -0.4 is 0 Å². The summed E-state index contributed by atoms with van der Waals surface area (Å²) in [5.41, 5.74) is 2.32. The van der Waals surface area contributed by atoms with E-state index < -0.39 is 5.97 Å². The second-order valence-electron chi connectivity index (χ2n) is 7.90. The molecule has 1 fully saturated rings. The van der Waals surface area contributed by atoms with Gasteiger partial charge in [-0.25, -0.2) is 9.80 Å². The summed E-state index contributed by atoms with van der Waals surface area (Å²) in [4.78, 5) is 26.0. The minimum atomic E-state index is -0.900. The predicted octanol–water partition coefficient (Wildman–Crippen LogP) is 5.86. The molecular weight excluding hydrogens is 484 g/mol. The van der Waals surface area contributed by atoms with Gasteiger partial charge in [0.1, 0.15) is 4.88 Å². The first kappa shape index (κ1) is 24.6. The summed E-state index contributed by atoms with van der Waals surface area (Å²) in [6.45, 7) is 2.28. The first-order chi connectivity index (χ1) is 16.6. The molecule has 5 nitrogen and oxygen atoms in total. The highest BCUT2D eigenvalue weighted by molar-refractivity contribution is 8.13. The summed E-state index contributed by atoms with van der Waals surface area (Å²) in [5.74, 6) is 6.37. The molecule has 0 unspecified atom stereocenters. The number of carbonyl (C=O) groups is 2. The minimum absolute atomic E-state index is 0.0817. The highest BCUT2D eigenvalue weighted by atomic mass is 32.2. The molecule has 1 aliphatic rings. The zero-order chi connectivity index (χ0) is 23.8. The number of aryl methyl sites for hydroxylation is 1. The molecule has 1 aromatic carbocycles. The van der Waals surface area contributed by atoms with Crippen LogP contribution in [0.5, 0.6) is 0 Å². The zero-order valence-electron chi connectivity index (χ0n) is 18.7. The Bertz CT molecular complexity index is 1180. The molecule has 1 aliphatic heterocycles. The summed E-state index contributed by atoms with van der Waals surface area (Å²) in [5, 5.41) is 15.2. The molecule has 0 atom stereocenters. The first-order valence-electron chi connectivity index (χ1n) is 11.2. The van der Waals surface area contributed by atoms with E-state index in [4.69, 9.17) is 5.11 Å². The van der Waals surface area contributed by atoms with Crippen molar-refractivity contribution in [2.24, 2.45) is 0 Å². The fourth-order valence-corrected chi connectivity index (χ4v) is 6.01. The van der Waals surface area contributed by atoms with Crippen molar-refractivity contribution >= 4 is 45.6 Å². The Morgan fingerprint density at radius 2 is 1.94 bits per heavy atom. The number of hydrazine groups is 1. The largest absolute Gasteiger partial charge is 0.477 e. The SMILES string of the molecule is O=C(O)c1ccc(CCN2C(=O)SCCN2CCCCc2cccc(C#Cc3cccs3)c2)s1. The molecule has 1 N–H and O–H groups in total. The Morgan fingerprint density at radius 3 is 2.74 bits per heavy atom. The molecule has 0 aliphatic carbocycles. The molecular formula is C26H26N2O3S3. The van der Waals surface area contributed by atoms with Crippen LogP contribution in [0, 0.1) is 11.8 Å². The van der Waals surface area contributed by atoms with E-state index in [0.717, 1.165) is 53.4 Å². The maximum Gasteiger partial charge on any atom is 0.345 e. The normalized spacial score (nSPS) is 14.1. The minimum Gasteiger partial charge on any atom is -0.477 e. The van der Waals surface area contributed by atoms with Crippen molar-refractivity contribution in [2.75, 3.05) is 25.4 Å². The maximum atomic E-state index is 12.5. The standard InChI is InChI=1S/C26H26N2O3S3/c29-25(30)24-12-11-23(34-24)13-15-28-26(31)33-18-16-27(28)14-2-1-5-20-6-3-7-21(19-20)9-10-22-8-4-17-32-22/h3-4,6-8,11-12,17,19H,1-2,5,13-16,18H2,(H,29,30). The van der Waals surface area contributed by atoms with Gasteiger partial charge >= 0.3 is 5.97 Å². The van der Waals surface area contributed by atoms with E-state index in [1.165, 1.54) is 28.7 Å². The monoisotopic (exact) mass is 510 g/mol. The van der Waals surface area contributed by atoms with Crippen LogP contribution in [-0.4, -0.2) is 51.7 Å². The van der Waals surface area contributed by atoms with E-state index >= 15 is 0 Å². The number of thioether (sulfide) groups is 1. The lowest BCUT2D eigenvalue weighted by Gasteiger charge is -2.38. The quantitative estimate of drug-likeness (QED) is 0.289. The van der Waals surface area contributed by atoms with Gasteiger partial charge in [-0.05, 0) is 60.5 Å². The first-order valence-corrected chi connectivity index (χ1v) is 13.9. The van der Waals surface area contributed by atoms with Gasteiger partial charge in [0.05, 0.1) is 4.88 Å². The molecule has 34 heavy (non-hydrogen) atoms. The second kappa shape index (κ2) is 12.2. The lowest BCUT2D eigenvalue weighted by Crippen LogP contribution is -2.50. The molecule has 176 valence electrons.